The van der Waals surface area contributed by atoms with E-state index in [9.17, 15) is 28.8 Å². The molecular formula is C13H19N4O8. The molecule has 0 aromatic rings. The molecule has 1 radical (unpaired) electrons. The molecule has 0 bridgehead atoms. The Morgan fingerprint density at radius 1 is 0.960 bits per heavy atom. The molecular weight excluding hydrogens is 340 g/mol. The van der Waals surface area contributed by atoms with Crippen molar-refractivity contribution in [1.82, 2.24) is 16.0 Å². The van der Waals surface area contributed by atoms with Crippen LogP contribution in [0.2, 0.25) is 0 Å². The summed E-state index contributed by atoms with van der Waals surface area (Å²) in [5.41, 5.74) is 5.33. The molecule has 12 nitrogen and oxygen atoms in total. The second kappa shape index (κ2) is 10.7. The van der Waals surface area contributed by atoms with Crippen LogP contribution >= 0.6 is 0 Å². The number of carbonyl (C=O) groups is 5. The molecule has 0 spiro atoms. The fourth-order valence-electron chi connectivity index (χ4n) is 1.60. The van der Waals surface area contributed by atoms with Gasteiger partial charge in [0.2, 0.25) is 24.0 Å². The number of carbonyl (C=O) groups excluding carboxylic acids is 4. The third-order valence-electron chi connectivity index (χ3n) is 2.83. The molecule has 0 aromatic carbocycles. The highest BCUT2D eigenvalue weighted by molar-refractivity contribution is 5.95. The zero-order valence-corrected chi connectivity index (χ0v) is 13.3. The van der Waals surface area contributed by atoms with E-state index >= 15 is 0 Å². The molecule has 0 heterocycles. The molecule has 0 saturated carbocycles. The number of nitrogens with one attached hydrogen (secondary N) is 3. The van der Waals surface area contributed by atoms with Gasteiger partial charge >= 0.3 is 11.9 Å². The predicted octanol–water partition coefficient (Wildman–Crippen LogP) is -3.52. The Morgan fingerprint density at radius 2 is 1.52 bits per heavy atom. The van der Waals surface area contributed by atoms with Gasteiger partial charge in [0.15, 0.2) is 0 Å². The minimum absolute atomic E-state index is 0.390. The molecule has 0 aromatic heterocycles. The van der Waals surface area contributed by atoms with E-state index in [1.165, 1.54) is 13.2 Å². The van der Waals surface area contributed by atoms with Gasteiger partial charge in [0, 0.05) is 0 Å². The third kappa shape index (κ3) is 9.00. The Balaban J connectivity index is 4.89. The molecule has 12 heteroatoms. The van der Waals surface area contributed by atoms with Gasteiger partial charge in [-0.25, -0.2) is 0 Å². The van der Waals surface area contributed by atoms with Crippen LogP contribution in [0.3, 0.4) is 0 Å². The average Bonchev–Trinajstić information content (AvgIpc) is 2.50. The maximum atomic E-state index is 12.0. The Morgan fingerprint density at radius 3 is 2.00 bits per heavy atom. The smallest absolute Gasteiger partial charge is 0.305 e. The largest absolute Gasteiger partial charge is 0.481 e. The third-order valence-corrected chi connectivity index (χ3v) is 2.83. The van der Waals surface area contributed by atoms with E-state index in [1.807, 2.05) is 5.32 Å². The Bertz CT molecular complexity index is 550. The molecule has 0 rings (SSSR count). The number of hydrogen-bond acceptors (Lipinski definition) is 7. The topological polar surface area (TPSA) is 205 Å². The van der Waals surface area contributed by atoms with Crippen molar-refractivity contribution in [2.75, 3.05) is 6.54 Å². The number of amides is 3. The molecule has 3 atom stereocenters. The van der Waals surface area contributed by atoms with Gasteiger partial charge in [-0.3, -0.25) is 28.8 Å². The molecule has 0 saturated heterocycles. The van der Waals surface area contributed by atoms with E-state index in [0.717, 1.165) is 0 Å². The fourth-order valence-corrected chi connectivity index (χ4v) is 1.60. The maximum absolute atomic E-state index is 12.0. The van der Waals surface area contributed by atoms with Crippen LogP contribution < -0.4 is 21.7 Å². The molecule has 7 N–H and O–H groups in total. The number of aliphatic carboxylic acids is 2. The van der Waals surface area contributed by atoms with Gasteiger partial charge in [-0.1, -0.05) is 0 Å². The van der Waals surface area contributed by atoms with Gasteiger partial charge in [0.25, 0.3) is 0 Å². The maximum Gasteiger partial charge on any atom is 0.305 e. The van der Waals surface area contributed by atoms with Crippen LogP contribution in [0.25, 0.3) is 0 Å². The normalized spacial score (nSPS) is 13.7. The van der Waals surface area contributed by atoms with E-state index in [1.54, 1.807) is 0 Å². The highest BCUT2D eigenvalue weighted by Crippen LogP contribution is 1.98. The van der Waals surface area contributed by atoms with E-state index in [0.29, 0.717) is 0 Å². The first-order valence-corrected chi connectivity index (χ1v) is 7.01. The quantitative estimate of drug-likeness (QED) is 0.216. The number of carboxylic acid groups (broad SMARTS) is 2. The molecule has 0 aliphatic rings. The highest BCUT2D eigenvalue weighted by atomic mass is 16.4. The summed E-state index contributed by atoms with van der Waals surface area (Å²) in [7, 11) is 0. The molecule has 0 unspecified atom stereocenters. The first kappa shape index (κ1) is 22.0. The average molecular weight is 359 g/mol. The molecule has 0 aliphatic heterocycles. The van der Waals surface area contributed by atoms with Gasteiger partial charge in [-0.2, -0.15) is 0 Å². The van der Waals surface area contributed by atoms with Crippen molar-refractivity contribution < 1.29 is 39.0 Å². The number of hydrogen-bond donors (Lipinski definition) is 6. The van der Waals surface area contributed by atoms with Crippen LogP contribution in [-0.2, 0) is 28.8 Å². The van der Waals surface area contributed by atoms with Crippen LogP contribution in [-0.4, -0.2) is 70.8 Å². The van der Waals surface area contributed by atoms with Crippen LogP contribution in [0, 0.1) is 0 Å². The van der Waals surface area contributed by atoms with E-state index < -0.39 is 67.2 Å². The molecule has 3 amide bonds. The lowest BCUT2D eigenvalue weighted by molar-refractivity contribution is -0.142. The highest BCUT2D eigenvalue weighted by Gasteiger charge is 2.28. The van der Waals surface area contributed by atoms with Crippen molar-refractivity contribution in [2.24, 2.45) is 5.73 Å². The standard InChI is InChI=1S/C13H19N4O8/c1-6(11(23)15-2-3-18)16-13(25)8(5-10(21)22)17-12(24)7(14)4-9(19)20/h6-8H,2,4-5,14H2,1H3,(H,15,23)(H,16,25)(H,17,24)(H,19,20)(H,21,22)/t6-,7-,8-/m0/s1. The lowest BCUT2D eigenvalue weighted by Gasteiger charge is -2.21. The summed E-state index contributed by atoms with van der Waals surface area (Å²) < 4.78 is 0. The van der Waals surface area contributed by atoms with Crippen molar-refractivity contribution >= 4 is 35.9 Å². The van der Waals surface area contributed by atoms with Gasteiger partial charge in [-0.05, 0) is 6.92 Å². The second-order valence-electron chi connectivity index (χ2n) is 4.96. The number of rotatable bonds is 11. The van der Waals surface area contributed by atoms with Gasteiger partial charge < -0.3 is 31.9 Å². The van der Waals surface area contributed by atoms with Gasteiger partial charge in [-0.15, -0.1) is 0 Å². The van der Waals surface area contributed by atoms with Crippen LogP contribution in [0.1, 0.15) is 19.8 Å². The van der Waals surface area contributed by atoms with E-state index in [2.05, 4.69) is 10.6 Å². The summed E-state index contributed by atoms with van der Waals surface area (Å²) in [6.45, 7) is 0.881. The van der Waals surface area contributed by atoms with Crippen molar-refractivity contribution in [2.45, 2.75) is 37.9 Å². The first-order valence-electron chi connectivity index (χ1n) is 7.01. The van der Waals surface area contributed by atoms with Crippen molar-refractivity contribution in [3.05, 3.63) is 0 Å². The SMILES string of the molecule is C[C@H](NC(=O)[C@H](CC(=O)O)NC(=O)[C@@H](N)CC(=O)O)C(=O)NC[C]=O. The second-order valence-corrected chi connectivity index (χ2v) is 4.96. The van der Waals surface area contributed by atoms with Crippen LogP contribution in [0.4, 0.5) is 0 Å². The van der Waals surface area contributed by atoms with E-state index in [4.69, 9.17) is 15.9 Å². The van der Waals surface area contributed by atoms with Crippen LogP contribution in [0.15, 0.2) is 0 Å². The number of nitrogens with two attached hydrogens (primary N) is 1. The van der Waals surface area contributed by atoms with E-state index in [-0.39, 0.29) is 0 Å². The van der Waals surface area contributed by atoms with Crippen molar-refractivity contribution in [1.29, 1.82) is 0 Å². The van der Waals surface area contributed by atoms with Crippen LogP contribution in [0.5, 0.6) is 0 Å². The number of carboxylic acids is 2. The summed E-state index contributed by atoms with van der Waals surface area (Å²) >= 11 is 0. The van der Waals surface area contributed by atoms with Crippen molar-refractivity contribution in [3.63, 3.8) is 0 Å². The first-order chi connectivity index (χ1) is 11.6. The lowest BCUT2D eigenvalue weighted by atomic mass is 10.1. The monoisotopic (exact) mass is 359 g/mol. The Kier molecular flexibility index (Phi) is 9.41. The Labute approximate surface area is 142 Å². The minimum Gasteiger partial charge on any atom is -0.481 e. The minimum atomic E-state index is -1.57. The zero-order valence-electron chi connectivity index (χ0n) is 13.3. The lowest BCUT2D eigenvalue weighted by Crippen LogP contribution is -2.55. The summed E-state index contributed by atoms with van der Waals surface area (Å²) in [5.74, 6) is -5.51. The zero-order chi connectivity index (χ0) is 19.6. The fraction of sp³-hybridized carbons (Fsp3) is 0.538. The summed E-state index contributed by atoms with van der Waals surface area (Å²) in [6.07, 6.45) is -0.107. The molecule has 0 aliphatic carbocycles. The Hall–Kier alpha value is -3.02. The summed E-state index contributed by atoms with van der Waals surface area (Å²) in [5, 5.41) is 23.7. The molecule has 25 heavy (non-hydrogen) atoms. The predicted molar refractivity (Wildman–Crippen MR) is 80.7 cm³/mol. The molecule has 0 fully saturated rings. The van der Waals surface area contributed by atoms with Gasteiger partial charge in [0.05, 0.1) is 25.4 Å². The molecule has 139 valence electrons. The summed E-state index contributed by atoms with van der Waals surface area (Å²) in [6, 6.07) is -4.18. The van der Waals surface area contributed by atoms with Crippen molar-refractivity contribution in [3.8, 4) is 0 Å². The van der Waals surface area contributed by atoms with Gasteiger partial charge in [0.1, 0.15) is 12.1 Å². The summed E-state index contributed by atoms with van der Waals surface area (Å²) in [4.78, 5) is 66.7.